The quantitative estimate of drug-likeness (QED) is 0.818. The minimum absolute atomic E-state index is 0.144. The molecule has 2 fully saturated rings. The van der Waals surface area contributed by atoms with E-state index in [-0.39, 0.29) is 17.3 Å². The van der Waals surface area contributed by atoms with Gasteiger partial charge in [0.05, 0.1) is 5.69 Å². The number of nitrogens with two attached hydrogens (primary N) is 1. The van der Waals surface area contributed by atoms with Crippen LogP contribution in [0.2, 0.25) is 0 Å². The Labute approximate surface area is 114 Å². The third-order valence-electron chi connectivity index (χ3n) is 5.96. The summed E-state index contributed by atoms with van der Waals surface area (Å²) >= 11 is 0. The molecule has 2 bridgehead atoms. The summed E-state index contributed by atoms with van der Waals surface area (Å²) in [5, 5.41) is 0. The van der Waals surface area contributed by atoms with Crippen LogP contribution < -0.4 is 10.5 Å². The van der Waals surface area contributed by atoms with Crippen LogP contribution in [0.4, 0.5) is 10.1 Å². The molecule has 0 spiro atoms. The van der Waals surface area contributed by atoms with Crippen molar-refractivity contribution in [1.82, 2.24) is 0 Å². The Balaban J connectivity index is 1.88. The number of ether oxygens (including phenoxy) is 1. The van der Waals surface area contributed by atoms with Crippen LogP contribution in [0.15, 0.2) is 18.2 Å². The first kappa shape index (κ1) is 12.8. The first-order chi connectivity index (χ1) is 8.84. The van der Waals surface area contributed by atoms with E-state index in [9.17, 15) is 4.39 Å². The van der Waals surface area contributed by atoms with Gasteiger partial charge in [0.25, 0.3) is 0 Å². The van der Waals surface area contributed by atoms with Gasteiger partial charge in [-0.2, -0.15) is 0 Å². The molecule has 2 aliphatic carbocycles. The van der Waals surface area contributed by atoms with Crippen molar-refractivity contribution in [2.75, 3.05) is 5.73 Å². The first-order valence-electron chi connectivity index (χ1n) is 7.06. The van der Waals surface area contributed by atoms with Gasteiger partial charge in [-0.25, -0.2) is 4.39 Å². The van der Waals surface area contributed by atoms with Crippen LogP contribution in [0.1, 0.15) is 40.0 Å². The summed E-state index contributed by atoms with van der Waals surface area (Å²) in [6.45, 7) is 6.98. The van der Waals surface area contributed by atoms with Crippen molar-refractivity contribution < 1.29 is 9.13 Å². The van der Waals surface area contributed by atoms with Crippen LogP contribution in [0.5, 0.6) is 5.75 Å². The second-order valence-corrected chi connectivity index (χ2v) is 6.90. The van der Waals surface area contributed by atoms with Crippen molar-refractivity contribution in [3.05, 3.63) is 24.0 Å². The first-order valence-corrected chi connectivity index (χ1v) is 7.06. The SMILES string of the molecule is CC1(C)C2CCC1(C)C(Oc1cc(F)ccc1N)C2. The molecule has 2 N–H and O–H groups in total. The monoisotopic (exact) mass is 263 g/mol. The number of anilines is 1. The lowest BCUT2D eigenvalue weighted by atomic mass is 9.70. The zero-order chi connectivity index (χ0) is 13.8. The summed E-state index contributed by atoms with van der Waals surface area (Å²) in [7, 11) is 0. The standard InChI is InChI=1S/C16H22FNO/c1-15(2)10-6-7-16(15,3)14(8-10)19-13-9-11(17)4-5-12(13)18/h4-5,9-10,14H,6-8,18H2,1-3H3. The summed E-state index contributed by atoms with van der Waals surface area (Å²) in [5.74, 6) is 0.906. The van der Waals surface area contributed by atoms with Gasteiger partial charge in [-0.1, -0.05) is 20.8 Å². The Morgan fingerprint density at radius 3 is 2.63 bits per heavy atom. The lowest BCUT2D eigenvalue weighted by Crippen LogP contribution is -2.39. The fraction of sp³-hybridized carbons (Fsp3) is 0.625. The molecule has 0 saturated heterocycles. The molecule has 0 amide bonds. The molecule has 3 rings (SSSR count). The van der Waals surface area contributed by atoms with Gasteiger partial charge in [0.15, 0.2) is 0 Å². The van der Waals surface area contributed by atoms with Crippen LogP contribution in [0, 0.1) is 22.6 Å². The number of hydrogen-bond donors (Lipinski definition) is 1. The van der Waals surface area contributed by atoms with Crippen molar-refractivity contribution in [1.29, 1.82) is 0 Å². The lowest BCUT2D eigenvalue weighted by Gasteiger charge is -2.39. The molecule has 3 atom stereocenters. The number of rotatable bonds is 2. The second-order valence-electron chi connectivity index (χ2n) is 6.90. The van der Waals surface area contributed by atoms with E-state index in [0.29, 0.717) is 22.8 Å². The molecule has 2 nitrogen and oxygen atoms in total. The average molecular weight is 263 g/mol. The van der Waals surface area contributed by atoms with Gasteiger partial charge < -0.3 is 10.5 Å². The van der Waals surface area contributed by atoms with Gasteiger partial charge in [0.2, 0.25) is 0 Å². The maximum absolute atomic E-state index is 13.3. The predicted octanol–water partition coefficient (Wildman–Crippen LogP) is 4.00. The van der Waals surface area contributed by atoms with E-state index in [1.807, 2.05) is 0 Å². The molecule has 0 aliphatic heterocycles. The predicted molar refractivity (Wildman–Crippen MR) is 74.5 cm³/mol. The molecule has 3 heteroatoms. The molecule has 0 aromatic heterocycles. The van der Waals surface area contributed by atoms with Crippen LogP contribution >= 0.6 is 0 Å². The molecule has 104 valence electrons. The van der Waals surface area contributed by atoms with Gasteiger partial charge in [-0.05, 0) is 42.7 Å². The fourth-order valence-electron chi connectivity index (χ4n) is 4.07. The summed E-state index contributed by atoms with van der Waals surface area (Å²) in [5.41, 5.74) is 6.86. The van der Waals surface area contributed by atoms with E-state index in [4.69, 9.17) is 10.5 Å². The molecule has 0 radical (unpaired) electrons. The zero-order valence-electron chi connectivity index (χ0n) is 11.9. The Kier molecular flexibility index (Phi) is 2.60. The minimum atomic E-state index is -0.295. The van der Waals surface area contributed by atoms with E-state index in [1.54, 1.807) is 6.07 Å². The van der Waals surface area contributed by atoms with Crippen molar-refractivity contribution in [2.45, 2.75) is 46.1 Å². The molecular formula is C16H22FNO. The maximum atomic E-state index is 13.3. The third kappa shape index (κ3) is 1.67. The van der Waals surface area contributed by atoms with E-state index in [0.717, 1.165) is 6.42 Å². The lowest BCUT2D eigenvalue weighted by molar-refractivity contribution is 0.0305. The largest absolute Gasteiger partial charge is 0.488 e. The van der Waals surface area contributed by atoms with Crippen molar-refractivity contribution >= 4 is 5.69 Å². The van der Waals surface area contributed by atoms with Crippen LogP contribution in [-0.4, -0.2) is 6.10 Å². The number of benzene rings is 1. The molecule has 2 aliphatic rings. The molecule has 0 heterocycles. The van der Waals surface area contributed by atoms with E-state index < -0.39 is 0 Å². The fourth-order valence-corrected chi connectivity index (χ4v) is 4.07. The van der Waals surface area contributed by atoms with Crippen molar-refractivity contribution in [3.63, 3.8) is 0 Å². The highest BCUT2D eigenvalue weighted by Gasteiger charge is 2.62. The summed E-state index contributed by atoms with van der Waals surface area (Å²) < 4.78 is 19.4. The number of halogens is 1. The Morgan fingerprint density at radius 2 is 2.05 bits per heavy atom. The Hall–Kier alpha value is -1.25. The molecular weight excluding hydrogens is 241 g/mol. The molecule has 1 aromatic carbocycles. The normalized spacial score (nSPS) is 35.6. The van der Waals surface area contributed by atoms with Crippen LogP contribution in [0.25, 0.3) is 0 Å². The molecule has 1 aromatic rings. The average Bonchev–Trinajstić information content (AvgIpc) is 2.67. The van der Waals surface area contributed by atoms with Crippen molar-refractivity contribution in [3.8, 4) is 5.75 Å². The minimum Gasteiger partial charge on any atom is -0.488 e. The highest BCUT2D eigenvalue weighted by atomic mass is 19.1. The Morgan fingerprint density at radius 1 is 1.32 bits per heavy atom. The van der Waals surface area contributed by atoms with E-state index in [1.165, 1.54) is 25.0 Å². The van der Waals surface area contributed by atoms with Crippen LogP contribution in [-0.2, 0) is 0 Å². The van der Waals surface area contributed by atoms with Crippen LogP contribution in [0.3, 0.4) is 0 Å². The topological polar surface area (TPSA) is 35.2 Å². The van der Waals surface area contributed by atoms with Gasteiger partial charge >= 0.3 is 0 Å². The molecule has 2 saturated carbocycles. The Bertz CT molecular complexity index is 513. The summed E-state index contributed by atoms with van der Waals surface area (Å²) in [6, 6.07) is 4.34. The van der Waals surface area contributed by atoms with E-state index in [2.05, 4.69) is 20.8 Å². The number of fused-ring (bicyclic) bond motifs is 2. The molecule has 19 heavy (non-hydrogen) atoms. The summed E-state index contributed by atoms with van der Waals surface area (Å²) in [6.07, 6.45) is 3.66. The number of hydrogen-bond acceptors (Lipinski definition) is 2. The molecule has 3 unspecified atom stereocenters. The van der Waals surface area contributed by atoms with Gasteiger partial charge in [0, 0.05) is 11.5 Å². The van der Waals surface area contributed by atoms with Crippen molar-refractivity contribution in [2.24, 2.45) is 16.7 Å². The van der Waals surface area contributed by atoms with Gasteiger partial charge in [-0.3, -0.25) is 0 Å². The van der Waals surface area contributed by atoms with Gasteiger partial charge in [0.1, 0.15) is 17.7 Å². The van der Waals surface area contributed by atoms with Gasteiger partial charge in [-0.15, -0.1) is 0 Å². The van der Waals surface area contributed by atoms with E-state index >= 15 is 0 Å². The zero-order valence-corrected chi connectivity index (χ0v) is 11.9. The second kappa shape index (κ2) is 3.87. The third-order valence-corrected chi connectivity index (χ3v) is 5.96. The highest BCUT2D eigenvalue weighted by molar-refractivity contribution is 5.52. The highest BCUT2D eigenvalue weighted by Crippen LogP contribution is 2.66. The smallest absolute Gasteiger partial charge is 0.145 e. The maximum Gasteiger partial charge on any atom is 0.145 e. The number of nitrogen functional groups attached to an aromatic ring is 1. The summed E-state index contributed by atoms with van der Waals surface area (Å²) in [4.78, 5) is 0.